The molecule has 0 aliphatic carbocycles. The van der Waals surface area contributed by atoms with Crippen LogP contribution in [0.25, 0.3) is 0 Å². The summed E-state index contributed by atoms with van der Waals surface area (Å²) in [6.07, 6.45) is 2.53. The van der Waals surface area contributed by atoms with Gasteiger partial charge in [-0.1, -0.05) is 13.8 Å². The minimum Gasteiger partial charge on any atom is -0.381 e. The first-order valence-corrected chi connectivity index (χ1v) is 6.99. The maximum absolute atomic E-state index is 5.79. The molecule has 0 unspecified atom stereocenters. The molecule has 4 heteroatoms. The van der Waals surface area contributed by atoms with Crippen LogP contribution < -0.4 is 5.32 Å². The van der Waals surface area contributed by atoms with Crippen molar-refractivity contribution in [3.05, 3.63) is 0 Å². The molecule has 1 fully saturated rings. The van der Waals surface area contributed by atoms with E-state index in [1.165, 1.54) is 0 Å². The Morgan fingerprint density at radius 2 is 1.88 bits per heavy atom. The van der Waals surface area contributed by atoms with Gasteiger partial charge >= 0.3 is 0 Å². The van der Waals surface area contributed by atoms with Gasteiger partial charge in [-0.25, -0.2) is 0 Å². The van der Waals surface area contributed by atoms with Crippen molar-refractivity contribution in [2.75, 3.05) is 52.5 Å². The molecule has 1 aliphatic heterocycles. The quantitative estimate of drug-likeness (QED) is 0.616. The molecule has 0 bridgehead atoms. The van der Waals surface area contributed by atoms with E-state index in [0.717, 1.165) is 65.4 Å². The molecule has 0 aromatic carbocycles. The number of ether oxygens (including phenoxy) is 2. The summed E-state index contributed by atoms with van der Waals surface area (Å²) in [6, 6.07) is 0. The SMILES string of the molecule is CCN(CC)CCNCCOC1CCOCC1. The molecule has 17 heavy (non-hydrogen) atoms. The predicted molar refractivity (Wildman–Crippen MR) is 70.5 cm³/mol. The maximum atomic E-state index is 5.79. The van der Waals surface area contributed by atoms with Gasteiger partial charge in [-0.05, 0) is 25.9 Å². The maximum Gasteiger partial charge on any atom is 0.0619 e. The molecule has 0 aromatic heterocycles. The van der Waals surface area contributed by atoms with E-state index in [0.29, 0.717) is 6.10 Å². The highest BCUT2D eigenvalue weighted by Crippen LogP contribution is 2.09. The summed E-state index contributed by atoms with van der Waals surface area (Å²) in [5, 5.41) is 3.43. The van der Waals surface area contributed by atoms with Crippen molar-refractivity contribution in [3.8, 4) is 0 Å². The van der Waals surface area contributed by atoms with E-state index < -0.39 is 0 Å². The molecule has 1 saturated heterocycles. The van der Waals surface area contributed by atoms with Gasteiger partial charge in [0.25, 0.3) is 0 Å². The fraction of sp³-hybridized carbons (Fsp3) is 1.00. The van der Waals surface area contributed by atoms with Gasteiger partial charge in [0, 0.05) is 32.8 Å². The number of nitrogens with one attached hydrogen (secondary N) is 1. The van der Waals surface area contributed by atoms with Crippen molar-refractivity contribution in [2.24, 2.45) is 0 Å². The normalized spacial score (nSPS) is 17.8. The van der Waals surface area contributed by atoms with E-state index in [-0.39, 0.29) is 0 Å². The highest BCUT2D eigenvalue weighted by atomic mass is 16.5. The van der Waals surface area contributed by atoms with E-state index in [9.17, 15) is 0 Å². The molecule has 1 heterocycles. The lowest BCUT2D eigenvalue weighted by Gasteiger charge is -2.22. The largest absolute Gasteiger partial charge is 0.381 e. The Hall–Kier alpha value is -0.160. The third kappa shape index (κ3) is 6.99. The monoisotopic (exact) mass is 244 g/mol. The number of hydrogen-bond acceptors (Lipinski definition) is 4. The molecule has 1 N–H and O–H groups in total. The van der Waals surface area contributed by atoms with Gasteiger partial charge in [-0.2, -0.15) is 0 Å². The minimum absolute atomic E-state index is 0.424. The Morgan fingerprint density at radius 1 is 1.18 bits per heavy atom. The van der Waals surface area contributed by atoms with Crippen LogP contribution in [0.1, 0.15) is 26.7 Å². The average Bonchev–Trinajstić information content (AvgIpc) is 2.39. The highest BCUT2D eigenvalue weighted by Gasteiger charge is 2.13. The second kappa shape index (κ2) is 9.83. The lowest BCUT2D eigenvalue weighted by atomic mass is 10.2. The lowest BCUT2D eigenvalue weighted by Crippen LogP contribution is -2.34. The fourth-order valence-corrected chi connectivity index (χ4v) is 2.04. The molecule has 1 aliphatic rings. The number of hydrogen-bond donors (Lipinski definition) is 1. The molecule has 0 amide bonds. The van der Waals surface area contributed by atoms with Gasteiger partial charge < -0.3 is 19.7 Å². The van der Waals surface area contributed by atoms with E-state index in [2.05, 4.69) is 24.1 Å². The molecule has 0 radical (unpaired) electrons. The first-order chi connectivity index (χ1) is 8.36. The van der Waals surface area contributed by atoms with Crippen LogP contribution in [-0.4, -0.2) is 63.5 Å². The Kier molecular flexibility index (Phi) is 8.61. The van der Waals surface area contributed by atoms with Crippen molar-refractivity contribution < 1.29 is 9.47 Å². The smallest absolute Gasteiger partial charge is 0.0619 e. The zero-order chi connectivity index (χ0) is 12.3. The Morgan fingerprint density at radius 3 is 2.53 bits per heavy atom. The lowest BCUT2D eigenvalue weighted by molar-refractivity contribution is -0.0305. The summed E-state index contributed by atoms with van der Waals surface area (Å²) in [6.45, 7) is 12.4. The summed E-state index contributed by atoms with van der Waals surface area (Å²) >= 11 is 0. The predicted octanol–water partition coefficient (Wildman–Crippen LogP) is 1.11. The molecule has 0 aromatic rings. The van der Waals surface area contributed by atoms with Gasteiger partial charge in [0.1, 0.15) is 0 Å². The second-order valence-electron chi connectivity index (χ2n) is 4.46. The Labute approximate surface area is 106 Å². The summed E-state index contributed by atoms with van der Waals surface area (Å²) in [5.41, 5.74) is 0. The van der Waals surface area contributed by atoms with Crippen molar-refractivity contribution in [2.45, 2.75) is 32.8 Å². The van der Waals surface area contributed by atoms with Crippen LogP contribution in [-0.2, 0) is 9.47 Å². The van der Waals surface area contributed by atoms with Gasteiger partial charge in [-0.3, -0.25) is 0 Å². The van der Waals surface area contributed by atoms with Gasteiger partial charge in [0.05, 0.1) is 12.7 Å². The van der Waals surface area contributed by atoms with Crippen LogP contribution in [0.3, 0.4) is 0 Å². The summed E-state index contributed by atoms with van der Waals surface area (Å²) in [5.74, 6) is 0. The summed E-state index contributed by atoms with van der Waals surface area (Å²) < 4.78 is 11.1. The summed E-state index contributed by atoms with van der Waals surface area (Å²) in [7, 11) is 0. The van der Waals surface area contributed by atoms with Crippen molar-refractivity contribution in [1.29, 1.82) is 0 Å². The number of rotatable bonds is 9. The van der Waals surface area contributed by atoms with E-state index in [4.69, 9.17) is 9.47 Å². The number of nitrogens with zero attached hydrogens (tertiary/aromatic N) is 1. The first kappa shape index (κ1) is 14.9. The van der Waals surface area contributed by atoms with E-state index >= 15 is 0 Å². The average molecular weight is 244 g/mol. The van der Waals surface area contributed by atoms with Gasteiger partial charge in [-0.15, -0.1) is 0 Å². The molecular weight excluding hydrogens is 216 g/mol. The van der Waals surface area contributed by atoms with E-state index in [1.54, 1.807) is 0 Å². The zero-order valence-corrected chi connectivity index (χ0v) is 11.4. The molecular formula is C13H28N2O2. The van der Waals surface area contributed by atoms with Gasteiger partial charge in [0.2, 0.25) is 0 Å². The molecule has 0 saturated carbocycles. The minimum atomic E-state index is 0.424. The van der Waals surface area contributed by atoms with Crippen molar-refractivity contribution >= 4 is 0 Å². The van der Waals surface area contributed by atoms with Crippen LogP contribution in [0.4, 0.5) is 0 Å². The molecule has 4 nitrogen and oxygen atoms in total. The van der Waals surface area contributed by atoms with Crippen LogP contribution in [0.2, 0.25) is 0 Å². The fourth-order valence-electron chi connectivity index (χ4n) is 2.04. The zero-order valence-electron chi connectivity index (χ0n) is 11.4. The molecule has 1 rings (SSSR count). The van der Waals surface area contributed by atoms with Crippen molar-refractivity contribution in [1.82, 2.24) is 10.2 Å². The Balaban J connectivity index is 1.86. The standard InChI is InChI=1S/C13H28N2O2/c1-3-15(4-2)9-7-14-8-12-17-13-5-10-16-11-6-13/h13-14H,3-12H2,1-2H3. The van der Waals surface area contributed by atoms with Crippen molar-refractivity contribution in [3.63, 3.8) is 0 Å². The topological polar surface area (TPSA) is 33.7 Å². The molecule has 102 valence electrons. The third-order valence-corrected chi connectivity index (χ3v) is 3.30. The highest BCUT2D eigenvalue weighted by molar-refractivity contribution is 4.63. The van der Waals surface area contributed by atoms with Gasteiger partial charge in [0.15, 0.2) is 0 Å². The third-order valence-electron chi connectivity index (χ3n) is 3.30. The Bertz CT molecular complexity index is 169. The molecule has 0 spiro atoms. The van der Waals surface area contributed by atoms with Crippen LogP contribution in [0.5, 0.6) is 0 Å². The van der Waals surface area contributed by atoms with Crippen LogP contribution in [0.15, 0.2) is 0 Å². The van der Waals surface area contributed by atoms with Crippen LogP contribution in [0, 0.1) is 0 Å². The second-order valence-corrected chi connectivity index (χ2v) is 4.46. The molecule has 0 atom stereocenters. The summed E-state index contributed by atoms with van der Waals surface area (Å²) in [4.78, 5) is 2.42. The van der Waals surface area contributed by atoms with Crippen LogP contribution >= 0.6 is 0 Å². The van der Waals surface area contributed by atoms with E-state index in [1.807, 2.05) is 0 Å². The number of likely N-dealkylation sites (N-methyl/N-ethyl adjacent to an activating group) is 1. The first-order valence-electron chi connectivity index (χ1n) is 6.99.